The van der Waals surface area contributed by atoms with Gasteiger partial charge < -0.3 is 10.1 Å². The molecule has 0 aliphatic heterocycles. The van der Waals surface area contributed by atoms with E-state index in [0.29, 0.717) is 10.6 Å². The van der Waals surface area contributed by atoms with Gasteiger partial charge in [-0.3, -0.25) is 0 Å². The van der Waals surface area contributed by atoms with Crippen LogP contribution in [-0.2, 0) is 0 Å². The molecular weight excluding hydrogens is 272 g/mol. The van der Waals surface area contributed by atoms with E-state index < -0.39 is 6.61 Å². The molecule has 1 unspecified atom stereocenters. The number of benzene rings is 1. The van der Waals surface area contributed by atoms with Crippen molar-refractivity contribution < 1.29 is 13.5 Å². The number of rotatable bonds is 6. The maximum absolute atomic E-state index is 12.3. The van der Waals surface area contributed by atoms with Crippen molar-refractivity contribution in [3.63, 3.8) is 0 Å². The minimum absolute atomic E-state index is 0.127. The lowest BCUT2D eigenvalue weighted by Gasteiger charge is -2.14. The van der Waals surface area contributed by atoms with Gasteiger partial charge in [-0.05, 0) is 38.6 Å². The molecule has 19 heavy (non-hydrogen) atoms. The normalized spacial score (nSPS) is 13.7. The van der Waals surface area contributed by atoms with Crippen LogP contribution in [0.4, 0.5) is 8.78 Å². The Morgan fingerprint density at radius 2 is 2.16 bits per heavy atom. The van der Waals surface area contributed by atoms with Crippen LogP contribution < -0.4 is 10.1 Å². The first kappa shape index (κ1) is 15.9. The van der Waals surface area contributed by atoms with Crippen LogP contribution in [0.3, 0.4) is 0 Å². The summed E-state index contributed by atoms with van der Waals surface area (Å²) in [6.07, 6.45) is 1.80. The summed E-state index contributed by atoms with van der Waals surface area (Å²) in [6.45, 7) is 3.94. The zero-order valence-electron chi connectivity index (χ0n) is 11.2. The molecule has 0 aromatic heterocycles. The van der Waals surface area contributed by atoms with Gasteiger partial charge in [0.2, 0.25) is 0 Å². The van der Waals surface area contributed by atoms with E-state index in [4.69, 9.17) is 11.6 Å². The Morgan fingerprint density at radius 1 is 1.47 bits per heavy atom. The van der Waals surface area contributed by atoms with Crippen molar-refractivity contribution in [2.75, 3.05) is 6.54 Å². The monoisotopic (exact) mass is 289 g/mol. The van der Waals surface area contributed by atoms with Crippen molar-refractivity contribution in [2.24, 2.45) is 0 Å². The van der Waals surface area contributed by atoms with Gasteiger partial charge in [0.05, 0.1) is 0 Å². The van der Waals surface area contributed by atoms with Crippen LogP contribution in [0, 0.1) is 0 Å². The number of halogens is 3. The summed E-state index contributed by atoms with van der Waals surface area (Å²) in [7, 11) is 0. The first-order chi connectivity index (χ1) is 8.93. The summed E-state index contributed by atoms with van der Waals surface area (Å²) in [5.74, 6) is 0.127. The third kappa shape index (κ3) is 5.17. The summed E-state index contributed by atoms with van der Waals surface area (Å²) >= 11 is 5.89. The lowest BCUT2D eigenvalue weighted by Crippen LogP contribution is -2.26. The van der Waals surface area contributed by atoms with Crippen LogP contribution in [0.5, 0.6) is 5.75 Å². The van der Waals surface area contributed by atoms with Gasteiger partial charge in [0.1, 0.15) is 5.75 Å². The van der Waals surface area contributed by atoms with Gasteiger partial charge in [-0.15, -0.1) is 0 Å². The summed E-state index contributed by atoms with van der Waals surface area (Å²) < 4.78 is 29.1. The van der Waals surface area contributed by atoms with Crippen LogP contribution >= 0.6 is 11.6 Å². The first-order valence-corrected chi connectivity index (χ1v) is 6.47. The predicted molar refractivity (Wildman–Crippen MR) is 74.9 cm³/mol. The van der Waals surface area contributed by atoms with Crippen LogP contribution in [0.15, 0.2) is 23.8 Å². The van der Waals surface area contributed by atoms with Crippen LogP contribution in [-0.4, -0.2) is 19.2 Å². The van der Waals surface area contributed by atoms with Crippen LogP contribution in [0.25, 0.3) is 6.08 Å². The quantitative estimate of drug-likeness (QED) is 0.841. The Balaban J connectivity index is 3.03. The average Bonchev–Trinajstić information content (AvgIpc) is 2.32. The lowest BCUT2D eigenvalue weighted by atomic mass is 10.1. The van der Waals surface area contributed by atoms with E-state index in [-0.39, 0.29) is 11.8 Å². The highest BCUT2D eigenvalue weighted by Crippen LogP contribution is 2.27. The lowest BCUT2D eigenvalue weighted by molar-refractivity contribution is -0.0499. The van der Waals surface area contributed by atoms with Gasteiger partial charge in [-0.1, -0.05) is 30.2 Å². The van der Waals surface area contributed by atoms with E-state index in [9.17, 15) is 8.78 Å². The molecule has 0 saturated carbocycles. The van der Waals surface area contributed by atoms with Crippen molar-refractivity contribution in [3.05, 3.63) is 34.4 Å². The highest BCUT2D eigenvalue weighted by molar-refractivity contribution is 6.30. The van der Waals surface area contributed by atoms with Gasteiger partial charge in [0.25, 0.3) is 0 Å². The molecule has 0 aliphatic carbocycles. The van der Waals surface area contributed by atoms with Gasteiger partial charge in [0, 0.05) is 16.6 Å². The van der Waals surface area contributed by atoms with Crippen molar-refractivity contribution in [2.45, 2.75) is 33.4 Å². The largest absolute Gasteiger partial charge is 0.434 e. The molecule has 1 aromatic rings. The van der Waals surface area contributed by atoms with Crippen molar-refractivity contribution >= 4 is 17.7 Å². The Labute approximate surface area is 117 Å². The first-order valence-electron chi connectivity index (χ1n) is 6.10. The number of alkyl halides is 2. The maximum atomic E-state index is 12.3. The molecular formula is C14H18ClF2NO. The highest BCUT2D eigenvalue weighted by atomic mass is 35.5. The van der Waals surface area contributed by atoms with Gasteiger partial charge >= 0.3 is 6.61 Å². The van der Waals surface area contributed by atoms with Crippen molar-refractivity contribution in [1.82, 2.24) is 5.32 Å². The molecule has 1 atom stereocenters. The molecule has 0 heterocycles. The van der Waals surface area contributed by atoms with Crippen LogP contribution in [0.2, 0.25) is 5.02 Å². The molecule has 0 fully saturated rings. The van der Waals surface area contributed by atoms with E-state index >= 15 is 0 Å². The fraction of sp³-hybridized carbons (Fsp3) is 0.429. The second-order valence-electron chi connectivity index (χ2n) is 4.23. The second kappa shape index (κ2) is 7.46. The number of hydrogen-bond donors (Lipinski definition) is 1. The Hall–Kier alpha value is -1.13. The zero-order chi connectivity index (χ0) is 14.4. The molecule has 106 valence electrons. The summed E-state index contributed by atoms with van der Waals surface area (Å²) in [6, 6.07) is 4.75. The summed E-state index contributed by atoms with van der Waals surface area (Å²) in [5.41, 5.74) is 1.57. The van der Waals surface area contributed by atoms with Crippen molar-refractivity contribution in [1.29, 1.82) is 0 Å². The van der Waals surface area contributed by atoms with E-state index in [0.717, 1.165) is 12.1 Å². The molecule has 1 rings (SSSR count). The molecule has 0 aliphatic rings. The maximum Gasteiger partial charge on any atom is 0.387 e. The second-order valence-corrected chi connectivity index (χ2v) is 4.66. The number of hydrogen-bond acceptors (Lipinski definition) is 2. The fourth-order valence-corrected chi connectivity index (χ4v) is 1.85. The fourth-order valence-electron chi connectivity index (χ4n) is 1.67. The average molecular weight is 290 g/mol. The number of likely N-dealkylation sites (N-methyl/N-ethyl adjacent to an activating group) is 1. The minimum Gasteiger partial charge on any atom is -0.434 e. The van der Waals surface area contributed by atoms with Gasteiger partial charge in [0.15, 0.2) is 0 Å². The molecule has 0 radical (unpaired) electrons. The summed E-state index contributed by atoms with van der Waals surface area (Å²) in [4.78, 5) is 0. The molecule has 1 aromatic carbocycles. The standard InChI is InChI=1S/C14H18ClF2NO/c1-4-18-10(3)9(2)7-11-8-12(15)5-6-13(11)19-14(16)17/h5-8,10,14,18H,4H2,1-3H3/b9-7+. The Morgan fingerprint density at radius 3 is 2.74 bits per heavy atom. The van der Waals surface area contributed by atoms with E-state index in [1.165, 1.54) is 12.1 Å². The zero-order valence-corrected chi connectivity index (χ0v) is 12.0. The van der Waals surface area contributed by atoms with Gasteiger partial charge in [-0.25, -0.2) is 0 Å². The molecule has 0 saturated heterocycles. The SMILES string of the molecule is CCNC(C)/C(C)=C/c1cc(Cl)ccc1OC(F)F. The Bertz CT molecular complexity index is 449. The smallest absolute Gasteiger partial charge is 0.387 e. The number of ether oxygens (including phenoxy) is 1. The third-order valence-corrected chi connectivity index (χ3v) is 3.00. The van der Waals surface area contributed by atoms with E-state index in [1.807, 2.05) is 20.8 Å². The predicted octanol–water partition coefficient (Wildman–Crippen LogP) is 4.34. The van der Waals surface area contributed by atoms with Gasteiger partial charge in [-0.2, -0.15) is 8.78 Å². The molecule has 5 heteroatoms. The van der Waals surface area contributed by atoms with Crippen molar-refractivity contribution in [3.8, 4) is 5.75 Å². The summed E-state index contributed by atoms with van der Waals surface area (Å²) in [5, 5.41) is 3.73. The number of nitrogens with one attached hydrogen (secondary N) is 1. The molecule has 0 bridgehead atoms. The third-order valence-electron chi connectivity index (χ3n) is 2.76. The van der Waals surface area contributed by atoms with Crippen LogP contribution in [0.1, 0.15) is 26.3 Å². The highest BCUT2D eigenvalue weighted by Gasteiger charge is 2.10. The van der Waals surface area contributed by atoms with E-state index in [1.54, 1.807) is 12.1 Å². The topological polar surface area (TPSA) is 21.3 Å². The Kier molecular flexibility index (Phi) is 6.25. The molecule has 0 spiro atoms. The molecule has 2 nitrogen and oxygen atoms in total. The minimum atomic E-state index is -2.85. The molecule has 0 amide bonds. The van der Waals surface area contributed by atoms with E-state index in [2.05, 4.69) is 10.1 Å². The molecule has 1 N–H and O–H groups in total.